The minimum absolute atomic E-state index is 0.308. The second kappa shape index (κ2) is 6.52. The molecule has 2 aliphatic rings. The molecule has 0 amide bonds. The number of nitrogens with zero attached hydrogens (tertiary/aromatic N) is 4. The molecule has 132 valence electrons. The summed E-state index contributed by atoms with van der Waals surface area (Å²) < 4.78 is 0. The number of aromatic nitrogens is 2. The van der Waals surface area contributed by atoms with Crippen molar-refractivity contribution < 1.29 is 0 Å². The van der Waals surface area contributed by atoms with Gasteiger partial charge in [0.1, 0.15) is 5.82 Å². The van der Waals surface area contributed by atoms with E-state index in [4.69, 9.17) is 11.5 Å². The van der Waals surface area contributed by atoms with Gasteiger partial charge in [0.2, 0.25) is 5.95 Å². The summed E-state index contributed by atoms with van der Waals surface area (Å²) in [6.45, 7) is 6.02. The fourth-order valence-electron chi connectivity index (χ4n) is 3.84. The van der Waals surface area contributed by atoms with Crippen LogP contribution >= 0.6 is 0 Å². The van der Waals surface area contributed by atoms with E-state index in [1.807, 2.05) is 0 Å². The molecule has 4 rings (SSSR count). The van der Waals surface area contributed by atoms with Crippen LogP contribution in [0.4, 0.5) is 17.5 Å². The summed E-state index contributed by atoms with van der Waals surface area (Å²) >= 11 is 0. The summed E-state index contributed by atoms with van der Waals surface area (Å²) in [5, 5.41) is 0. The Morgan fingerprint density at radius 1 is 1.00 bits per heavy atom. The minimum Gasteiger partial charge on any atom is -0.368 e. The van der Waals surface area contributed by atoms with Crippen LogP contribution in [0.1, 0.15) is 30.0 Å². The number of para-hydroxylation sites is 1. The van der Waals surface area contributed by atoms with Crippen LogP contribution < -0.4 is 21.3 Å². The molecule has 2 fully saturated rings. The number of benzene rings is 1. The molecule has 1 aliphatic heterocycles. The largest absolute Gasteiger partial charge is 0.368 e. The number of rotatable bonds is 3. The van der Waals surface area contributed by atoms with Crippen LogP contribution in [0.2, 0.25) is 0 Å². The second-order valence-electron chi connectivity index (χ2n) is 7.20. The SMILES string of the molecule is Cc1ccccc1N1CCN(c2cc(C3CC(N)C3)nc(N)n2)CC1. The molecule has 1 aromatic heterocycles. The van der Waals surface area contributed by atoms with E-state index >= 15 is 0 Å². The van der Waals surface area contributed by atoms with Crippen molar-refractivity contribution in [2.75, 3.05) is 41.7 Å². The Kier molecular flexibility index (Phi) is 4.21. The topological polar surface area (TPSA) is 84.3 Å². The van der Waals surface area contributed by atoms with E-state index in [-0.39, 0.29) is 0 Å². The Labute approximate surface area is 148 Å². The first-order chi connectivity index (χ1) is 12.1. The van der Waals surface area contributed by atoms with Gasteiger partial charge in [0.25, 0.3) is 0 Å². The fourth-order valence-corrected chi connectivity index (χ4v) is 3.84. The number of nitrogens with two attached hydrogens (primary N) is 2. The monoisotopic (exact) mass is 338 g/mol. The van der Waals surface area contributed by atoms with Crippen LogP contribution in [-0.4, -0.2) is 42.2 Å². The number of anilines is 3. The Morgan fingerprint density at radius 3 is 2.36 bits per heavy atom. The number of aryl methyl sites for hydroxylation is 1. The molecule has 2 aromatic rings. The van der Waals surface area contributed by atoms with Gasteiger partial charge >= 0.3 is 0 Å². The number of hydrogen-bond acceptors (Lipinski definition) is 6. The standard InChI is InChI=1S/C19H26N6/c1-13-4-2-3-5-17(13)24-6-8-25(9-7-24)18-12-16(22-19(21)23-18)14-10-15(20)11-14/h2-5,12,14-15H,6-11,20H2,1H3,(H2,21,22,23). The normalized spacial score (nSPS) is 23.4. The van der Waals surface area contributed by atoms with Crippen LogP contribution in [0.3, 0.4) is 0 Å². The third kappa shape index (κ3) is 3.26. The lowest BCUT2D eigenvalue weighted by atomic mass is 9.78. The highest BCUT2D eigenvalue weighted by Gasteiger charge is 2.30. The quantitative estimate of drug-likeness (QED) is 0.889. The molecule has 1 aliphatic carbocycles. The lowest BCUT2D eigenvalue weighted by molar-refractivity contribution is 0.345. The number of piperazine rings is 1. The van der Waals surface area contributed by atoms with Crippen molar-refractivity contribution >= 4 is 17.5 Å². The van der Waals surface area contributed by atoms with E-state index in [9.17, 15) is 0 Å². The molecule has 0 unspecified atom stereocenters. The summed E-state index contributed by atoms with van der Waals surface area (Å²) in [6, 6.07) is 11.0. The smallest absolute Gasteiger partial charge is 0.222 e. The first-order valence-corrected chi connectivity index (χ1v) is 9.05. The van der Waals surface area contributed by atoms with Crippen LogP contribution in [0.15, 0.2) is 30.3 Å². The molecule has 6 heteroatoms. The van der Waals surface area contributed by atoms with E-state index in [1.54, 1.807) is 0 Å². The van der Waals surface area contributed by atoms with E-state index < -0.39 is 0 Å². The third-order valence-corrected chi connectivity index (χ3v) is 5.40. The van der Waals surface area contributed by atoms with E-state index in [0.29, 0.717) is 17.9 Å². The average molecular weight is 338 g/mol. The van der Waals surface area contributed by atoms with Crippen molar-refractivity contribution in [1.29, 1.82) is 0 Å². The van der Waals surface area contributed by atoms with Crippen molar-refractivity contribution in [3.8, 4) is 0 Å². The highest BCUT2D eigenvalue weighted by atomic mass is 15.3. The van der Waals surface area contributed by atoms with Crippen molar-refractivity contribution in [3.05, 3.63) is 41.6 Å². The molecular weight excluding hydrogens is 312 g/mol. The predicted molar refractivity (Wildman–Crippen MR) is 102 cm³/mol. The van der Waals surface area contributed by atoms with Crippen LogP contribution in [-0.2, 0) is 0 Å². The van der Waals surface area contributed by atoms with Gasteiger partial charge in [-0.15, -0.1) is 0 Å². The lowest BCUT2D eigenvalue weighted by Crippen LogP contribution is -2.47. The molecule has 0 bridgehead atoms. The molecule has 1 aromatic carbocycles. The minimum atomic E-state index is 0.308. The van der Waals surface area contributed by atoms with Crippen molar-refractivity contribution in [1.82, 2.24) is 9.97 Å². The summed E-state index contributed by atoms with van der Waals surface area (Å²) in [4.78, 5) is 13.7. The zero-order chi connectivity index (χ0) is 17.4. The highest BCUT2D eigenvalue weighted by Crippen LogP contribution is 2.36. The van der Waals surface area contributed by atoms with Gasteiger partial charge in [-0.1, -0.05) is 18.2 Å². The van der Waals surface area contributed by atoms with Crippen LogP contribution in [0, 0.1) is 6.92 Å². The average Bonchev–Trinajstić information content (AvgIpc) is 2.59. The number of nitrogen functional groups attached to an aromatic ring is 1. The zero-order valence-corrected chi connectivity index (χ0v) is 14.7. The third-order valence-electron chi connectivity index (χ3n) is 5.40. The first-order valence-electron chi connectivity index (χ1n) is 9.05. The van der Waals surface area contributed by atoms with Crippen LogP contribution in [0.25, 0.3) is 0 Å². The molecule has 2 heterocycles. The Hall–Kier alpha value is -2.34. The molecule has 6 nitrogen and oxygen atoms in total. The summed E-state index contributed by atoms with van der Waals surface area (Å²) in [5.41, 5.74) is 15.6. The maximum atomic E-state index is 5.96. The first kappa shape index (κ1) is 16.1. The molecule has 0 radical (unpaired) electrons. The van der Waals surface area contributed by atoms with Gasteiger partial charge in [0, 0.05) is 49.9 Å². The number of hydrogen-bond donors (Lipinski definition) is 2. The van der Waals surface area contributed by atoms with Gasteiger partial charge in [-0.05, 0) is 31.4 Å². The van der Waals surface area contributed by atoms with Gasteiger partial charge in [0.15, 0.2) is 0 Å². The van der Waals surface area contributed by atoms with Crippen molar-refractivity contribution in [3.63, 3.8) is 0 Å². The fraction of sp³-hybridized carbons (Fsp3) is 0.474. The Balaban J connectivity index is 1.46. The lowest BCUT2D eigenvalue weighted by Gasteiger charge is -2.38. The van der Waals surface area contributed by atoms with Gasteiger partial charge in [0.05, 0.1) is 5.69 Å². The van der Waals surface area contributed by atoms with Gasteiger partial charge in [-0.2, -0.15) is 4.98 Å². The maximum absolute atomic E-state index is 5.96. The van der Waals surface area contributed by atoms with Gasteiger partial charge < -0.3 is 21.3 Å². The van der Waals surface area contributed by atoms with Crippen molar-refractivity contribution in [2.45, 2.75) is 31.7 Å². The highest BCUT2D eigenvalue weighted by molar-refractivity contribution is 5.55. The van der Waals surface area contributed by atoms with E-state index in [0.717, 1.165) is 50.5 Å². The summed E-state index contributed by atoms with van der Waals surface area (Å²) in [5.74, 6) is 1.76. The predicted octanol–water partition coefficient (Wildman–Crippen LogP) is 1.90. The Bertz CT molecular complexity index is 747. The zero-order valence-electron chi connectivity index (χ0n) is 14.7. The molecule has 1 saturated carbocycles. The summed E-state index contributed by atoms with van der Waals surface area (Å²) in [7, 11) is 0. The molecular formula is C19H26N6. The summed E-state index contributed by atoms with van der Waals surface area (Å²) in [6.07, 6.45) is 1.99. The second-order valence-corrected chi connectivity index (χ2v) is 7.20. The van der Waals surface area contributed by atoms with Gasteiger partial charge in [-0.25, -0.2) is 4.98 Å². The maximum Gasteiger partial charge on any atom is 0.222 e. The van der Waals surface area contributed by atoms with Gasteiger partial charge in [-0.3, -0.25) is 0 Å². The van der Waals surface area contributed by atoms with Crippen LogP contribution in [0.5, 0.6) is 0 Å². The molecule has 1 saturated heterocycles. The Morgan fingerprint density at radius 2 is 1.68 bits per heavy atom. The van der Waals surface area contributed by atoms with E-state index in [2.05, 4.69) is 57.0 Å². The molecule has 25 heavy (non-hydrogen) atoms. The van der Waals surface area contributed by atoms with E-state index in [1.165, 1.54) is 11.3 Å². The molecule has 4 N–H and O–H groups in total. The molecule has 0 atom stereocenters. The van der Waals surface area contributed by atoms with Crippen molar-refractivity contribution in [2.24, 2.45) is 5.73 Å². The molecule has 0 spiro atoms.